The van der Waals surface area contributed by atoms with Crippen LogP contribution in [0.15, 0.2) is 45.3 Å². The molecule has 46 heavy (non-hydrogen) atoms. The molecule has 11 nitrogen and oxygen atoms in total. The highest BCUT2D eigenvalue weighted by Gasteiger charge is 2.31. The summed E-state index contributed by atoms with van der Waals surface area (Å²) in [5.74, 6) is 2.07. The number of benzene rings is 1. The first kappa shape index (κ1) is 32.7. The fourth-order valence-corrected chi connectivity index (χ4v) is 8.00. The Hall–Kier alpha value is -3.26. The van der Waals surface area contributed by atoms with Crippen LogP contribution in [0, 0.1) is 5.92 Å². The molecule has 6 rings (SSSR count). The Balaban J connectivity index is 0.893. The molecule has 0 atom stereocenters. The number of hydrogen-bond acceptors (Lipinski definition) is 10. The van der Waals surface area contributed by atoms with E-state index < -0.39 is 0 Å². The molecule has 0 unspecified atom stereocenters. The molecule has 3 fully saturated rings. The zero-order valence-corrected chi connectivity index (χ0v) is 28.4. The molecule has 0 aliphatic carbocycles. The van der Waals surface area contributed by atoms with E-state index in [0.717, 1.165) is 74.1 Å². The summed E-state index contributed by atoms with van der Waals surface area (Å²) in [5, 5.41) is 6.08. The number of thiazole rings is 1. The average molecular weight is 666 g/mol. The lowest BCUT2D eigenvalue weighted by atomic mass is 9.93. The summed E-state index contributed by atoms with van der Waals surface area (Å²) < 4.78 is 6.91. The van der Waals surface area contributed by atoms with Gasteiger partial charge >= 0.3 is 6.03 Å². The van der Waals surface area contributed by atoms with Gasteiger partial charge < -0.3 is 14.6 Å². The summed E-state index contributed by atoms with van der Waals surface area (Å²) in [6.07, 6.45) is 7.93. The fourth-order valence-electron chi connectivity index (χ4n) is 6.27. The van der Waals surface area contributed by atoms with Crippen LogP contribution < -0.4 is 15.5 Å². The van der Waals surface area contributed by atoms with Crippen molar-refractivity contribution in [3.8, 4) is 0 Å². The number of aromatic nitrogens is 2. The Morgan fingerprint density at radius 3 is 2.43 bits per heavy atom. The first-order valence-corrected chi connectivity index (χ1v) is 17.9. The Morgan fingerprint density at radius 1 is 1.02 bits per heavy atom. The second kappa shape index (κ2) is 14.2. The van der Waals surface area contributed by atoms with E-state index >= 15 is 0 Å². The second-order valence-corrected chi connectivity index (χ2v) is 15.7. The minimum absolute atomic E-state index is 0.0129. The molecule has 3 saturated heterocycles. The van der Waals surface area contributed by atoms with Gasteiger partial charge in [-0.25, -0.2) is 14.8 Å². The predicted molar refractivity (Wildman–Crippen MR) is 180 cm³/mol. The molecule has 1 aromatic carbocycles. The molecule has 246 valence electrons. The van der Waals surface area contributed by atoms with E-state index in [1.165, 1.54) is 16.9 Å². The number of piperidine rings is 2. The zero-order chi connectivity index (χ0) is 32.3. The molecule has 4 amide bonds. The van der Waals surface area contributed by atoms with Crippen LogP contribution in [-0.4, -0.2) is 76.4 Å². The smallest absolute Gasteiger partial charge is 0.328 e. The van der Waals surface area contributed by atoms with Crippen LogP contribution in [0.4, 0.5) is 15.6 Å². The SMILES string of the molecule is CC(C)(C)c1cnc(CSc2cnc(NC(=O)C3CCN(C4CCN(Cc5ccc(N6CCC(=O)NC6=O)cc5)CC4)CC3)s2)o1. The highest BCUT2D eigenvalue weighted by molar-refractivity contribution is 8.00. The van der Waals surface area contributed by atoms with E-state index in [9.17, 15) is 14.4 Å². The maximum atomic E-state index is 13.1. The van der Waals surface area contributed by atoms with Gasteiger partial charge in [-0.15, -0.1) is 11.8 Å². The van der Waals surface area contributed by atoms with Crippen molar-refractivity contribution in [1.29, 1.82) is 0 Å². The first-order valence-electron chi connectivity index (χ1n) is 16.1. The molecule has 13 heteroatoms. The number of carbonyl (C=O) groups excluding carboxylic acids is 3. The quantitative estimate of drug-likeness (QED) is 0.286. The standard InChI is InChI=1S/C33H43N7O4S2/c1-33(2,3)26-18-34-28(44-26)21-45-29-19-35-31(46-29)37-30(42)23-8-15-39(16-9-23)24-10-13-38(14-11-24)20-22-4-6-25(7-5-22)40-17-12-27(41)36-32(40)43/h4-7,18-19,23-24H,8-17,20-21H2,1-3H3,(H,35,37,42)(H,36,41,43). The summed E-state index contributed by atoms with van der Waals surface area (Å²) in [4.78, 5) is 52.1. The van der Waals surface area contributed by atoms with Gasteiger partial charge in [-0.05, 0) is 69.6 Å². The summed E-state index contributed by atoms with van der Waals surface area (Å²) in [6, 6.07) is 8.29. The number of nitrogens with zero attached hydrogens (tertiary/aromatic N) is 5. The van der Waals surface area contributed by atoms with Crippen LogP contribution in [-0.2, 0) is 27.3 Å². The third-order valence-electron chi connectivity index (χ3n) is 9.03. The van der Waals surface area contributed by atoms with E-state index in [2.05, 4.69) is 63.3 Å². The van der Waals surface area contributed by atoms with Gasteiger partial charge in [-0.2, -0.15) is 0 Å². The molecule has 0 spiro atoms. The van der Waals surface area contributed by atoms with E-state index in [-0.39, 0.29) is 29.2 Å². The summed E-state index contributed by atoms with van der Waals surface area (Å²) in [7, 11) is 0. The zero-order valence-electron chi connectivity index (χ0n) is 26.8. The fraction of sp³-hybridized carbons (Fsp3) is 0.545. The van der Waals surface area contributed by atoms with Crippen molar-refractivity contribution in [2.75, 3.05) is 42.9 Å². The minimum atomic E-state index is -0.353. The number of imide groups is 1. The van der Waals surface area contributed by atoms with E-state index in [4.69, 9.17) is 4.42 Å². The van der Waals surface area contributed by atoms with Crippen LogP contribution in [0.5, 0.6) is 0 Å². The maximum Gasteiger partial charge on any atom is 0.328 e. The van der Waals surface area contributed by atoms with Crippen LogP contribution >= 0.6 is 23.1 Å². The molecular formula is C33H43N7O4S2. The van der Waals surface area contributed by atoms with Gasteiger partial charge in [0, 0.05) is 42.6 Å². The van der Waals surface area contributed by atoms with Crippen molar-refractivity contribution in [1.82, 2.24) is 25.1 Å². The van der Waals surface area contributed by atoms with Crippen molar-refractivity contribution in [3.05, 3.63) is 53.9 Å². The molecule has 5 heterocycles. The van der Waals surface area contributed by atoms with Crippen LogP contribution in [0.3, 0.4) is 0 Å². The van der Waals surface area contributed by atoms with Gasteiger partial charge in [0.1, 0.15) is 5.76 Å². The van der Waals surface area contributed by atoms with Crippen molar-refractivity contribution in [2.45, 2.75) is 80.8 Å². The largest absolute Gasteiger partial charge is 0.444 e. The number of hydrogen-bond donors (Lipinski definition) is 2. The number of carbonyl (C=O) groups is 3. The van der Waals surface area contributed by atoms with E-state index in [1.54, 1.807) is 22.9 Å². The van der Waals surface area contributed by atoms with Gasteiger partial charge in [0.05, 0.1) is 22.4 Å². The highest BCUT2D eigenvalue weighted by atomic mass is 32.2. The van der Waals surface area contributed by atoms with Crippen LogP contribution in [0.1, 0.15) is 70.1 Å². The molecule has 3 aromatic rings. The Bertz CT molecular complexity index is 1520. The summed E-state index contributed by atoms with van der Waals surface area (Å²) >= 11 is 3.11. The Morgan fingerprint density at radius 2 is 1.76 bits per heavy atom. The molecule has 2 aromatic heterocycles. The average Bonchev–Trinajstić information content (AvgIpc) is 3.71. The van der Waals surface area contributed by atoms with Crippen molar-refractivity contribution < 1.29 is 18.8 Å². The van der Waals surface area contributed by atoms with Gasteiger partial charge in [0.25, 0.3) is 0 Å². The normalized spacial score (nSPS) is 19.4. The second-order valence-electron chi connectivity index (χ2n) is 13.4. The maximum absolute atomic E-state index is 13.1. The third kappa shape index (κ3) is 8.17. The monoisotopic (exact) mass is 665 g/mol. The lowest BCUT2D eigenvalue weighted by Gasteiger charge is -2.41. The van der Waals surface area contributed by atoms with Gasteiger partial charge in [0.2, 0.25) is 17.7 Å². The first-order chi connectivity index (χ1) is 22.1. The topological polar surface area (TPSA) is 124 Å². The lowest BCUT2D eigenvalue weighted by Crippen LogP contribution is -2.49. The molecular weight excluding hydrogens is 623 g/mol. The van der Waals surface area contributed by atoms with Crippen molar-refractivity contribution >= 4 is 51.8 Å². The summed E-state index contributed by atoms with van der Waals surface area (Å²) in [6.45, 7) is 11.6. The van der Waals surface area contributed by atoms with E-state index in [0.29, 0.717) is 35.8 Å². The molecule has 2 N–H and O–H groups in total. The molecule has 0 bridgehead atoms. The minimum Gasteiger partial charge on any atom is -0.444 e. The Kier molecular flexibility index (Phi) is 10.1. The molecule has 0 radical (unpaired) electrons. The number of oxazole rings is 1. The molecule has 3 aliphatic heterocycles. The number of rotatable bonds is 9. The molecule has 3 aliphatic rings. The summed E-state index contributed by atoms with van der Waals surface area (Å²) in [5.41, 5.74) is 1.97. The van der Waals surface area contributed by atoms with Gasteiger partial charge in [-0.1, -0.05) is 44.2 Å². The van der Waals surface area contributed by atoms with Gasteiger partial charge in [0.15, 0.2) is 5.13 Å². The van der Waals surface area contributed by atoms with Gasteiger partial charge in [-0.3, -0.25) is 24.7 Å². The van der Waals surface area contributed by atoms with Crippen molar-refractivity contribution in [3.63, 3.8) is 0 Å². The van der Waals surface area contributed by atoms with Crippen molar-refractivity contribution in [2.24, 2.45) is 5.92 Å². The number of anilines is 2. The van der Waals surface area contributed by atoms with Crippen LogP contribution in [0.2, 0.25) is 0 Å². The Labute approximate surface area is 278 Å². The number of amides is 4. The number of likely N-dealkylation sites (tertiary alicyclic amines) is 2. The lowest BCUT2D eigenvalue weighted by molar-refractivity contribution is -0.122. The number of urea groups is 1. The predicted octanol–water partition coefficient (Wildman–Crippen LogP) is 5.48. The molecule has 0 saturated carbocycles. The highest BCUT2D eigenvalue weighted by Crippen LogP contribution is 2.33. The van der Waals surface area contributed by atoms with Crippen LogP contribution in [0.25, 0.3) is 0 Å². The third-order valence-corrected chi connectivity index (χ3v) is 11.1. The number of thioether (sulfide) groups is 1. The van der Waals surface area contributed by atoms with E-state index in [1.807, 2.05) is 18.3 Å². The number of nitrogens with one attached hydrogen (secondary N) is 2.